The third-order valence-corrected chi connectivity index (χ3v) is 2.62. The van der Waals surface area contributed by atoms with E-state index in [2.05, 4.69) is 20.4 Å². The number of aromatic nitrogens is 1. The molecule has 0 aliphatic heterocycles. The van der Waals surface area contributed by atoms with E-state index in [9.17, 15) is 13.6 Å². The Hall–Kier alpha value is -2.90. The molecule has 0 saturated heterocycles. The Morgan fingerprint density at radius 3 is 2.35 bits per heavy atom. The highest BCUT2D eigenvalue weighted by Gasteiger charge is 2.06. The quantitative estimate of drug-likeness (QED) is 0.850. The number of nitrogens with zero attached hydrogens (tertiary/aromatic N) is 1. The van der Waals surface area contributed by atoms with Crippen molar-refractivity contribution in [3.05, 3.63) is 42.6 Å². The van der Waals surface area contributed by atoms with E-state index in [0.717, 1.165) is 0 Å². The number of rotatable bonds is 6. The smallest absolute Gasteiger partial charge is 0.387 e. The van der Waals surface area contributed by atoms with Crippen LogP contribution in [0.3, 0.4) is 0 Å². The third-order valence-electron chi connectivity index (χ3n) is 2.62. The number of alkyl halides is 2. The second kappa shape index (κ2) is 7.92. The van der Waals surface area contributed by atoms with Crippen molar-refractivity contribution in [3.63, 3.8) is 0 Å². The number of hydrogen-bond donors (Lipinski definition) is 2. The Morgan fingerprint density at radius 2 is 1.78 bits per heavy atom. The molecule has 1 aromatic heterocycles. The van der Waals surface area contributed by atoms with Gasteiger partial charge >= 0.3 is 12.6 Å². The lowest BCUT2D eigenvalue weighted by Crippen LogP contribution is -2.19. The number of carbonyl (C=O) groups excluding carboxylic acids is 1. The zero-order valence-corrected chi connectivity index (χ0v) is 12.3. The molecule has 2 rings (SSSR count). The van der Waals surface area contributed by atoms with Gasteiger partial charge in [-0.3, -0.25) is 0 Å². The van der Waals surface area contributed by atoms with Gasteiger partial charge in [0.25, 0.3) is 0 Å². The normalized spacial score (nSPS) is 10.3. The van der Waals surface area contributed by atoms with Crippen molar-refractivity contribution in [2.24, 2.45) is 0 Å². The summed E-state index contributed by atoms with van der Waals surface area (Å²) in [6.45, 7) is -0.533. The molecule has 0 bridgehead atoms. The number of urea groups is 1. The van der Waals surface area contributed by atoms with Gasteiger partial charge in [0.2, 0.25) is 5.88 Å². The minimum atomic E-state index is -2.88. The van der Waals surface area contributed by atoms with E-state index in [1.807, 2.05) is 6.92 Å². The second-order valence-electron chi connectivity index (χ2n) is 4.30. The number of amides is 2. The molecule has 23 heavy (non-hydrogen) atoms. The first-order valence-electron chi connectivity index (χ1n) is 6.78. The van der Waals surface area contributed by atoms with E-state index >= 15 is 0 Å². The average Bonchev–Trinajstić information content (AvgIpc) is 2.51. The van der Waals surface area contributed by atoms with Gasteiger partial charge in [0.1, 0.15) is 5.75 Å². The summed E-state index contributed by atoms with van der Waals surface area (Å²) in [7, 11) is 0. The lowest BCUT2D eigenvalue weighted by atomic mass is 10.3. The van der Waals surface area contributed by atoms with E-state index in [4.69, 9.17) is 4.74 Å². The van der Waals surface area contributed by atoms with Crippen LogP contribution in [0.2, 0.25) is 0 Å². The number of benzene rings is 1. The SMILES string of the molecule is CCOc1ccc(NC(=O)Nc2ccc(OC(F)F)cc2)cn1. The van der Waals surface area contributed by atoms with Gasteiger partial charge in [0.05, 0.1) is 18.5 Å². The molecule has 2 aromatic rings. The van der Waals surface area contributed by atoms with Gasteiger partial charge in [0, 0.05) is 11.8 Å². The van der Waals surface area contributed by atoms with E-state index in [1.165, 1.54) is 30.5 Å². The van der Waals surface area contributed by atoms with Crippen LogP contribution >= 0.6 is 0 Å². The molecule has 2 N–H and O–H groups in total. The first-order chi connectivity index (χ1) is 11.1. The molecule has 2 amide bonds. The van der Waals surface area contributed by atoms with Crippen LogP contribution in [-0.2, 0) is 0 Å². The number of ether oxygens (including phenoxy) is 2. The van der Waals surface area contributed by atoms with Crippen LogP contribution in [0, 0.1) is 0 Å². The molecule has 0 unspecified atom stereocenters. The standard InChI is InChI=1S/C15H15F2N3O3/c1-2-22-13-8-5-11(9-18-13)20-15(21)19-10-3-6-12(7-4-10)23-14(16)17/h3-9,14H,2H2,1H3,(H2,19,20,21). The lowest BCUT2D eigenvalue weighted by Gasteiger charge is -2.09. The van der Waals surface area contributed by atoms with Crippen molar-refractivity contribution in [3.8, 4) is 11.6 Å². The Kier molecular flexibility index (Phi) is 5.67. The highest BCUT2D eigenvalue weighted by atomic mass is 19.3. The van der Waals surface area contributed by atoms with Gasteiger partial charge < -0.3 is 20.1 Å². The second-order valence-corrected chi connectivity index (χ2v) is 4.30. The first-order valence-corrected chi connectivity index (χ1v) is 6.78. The zero-order chi connectivity index (χ0) is 16.7. The van der Waals surface area contributed by atoms with Gasteiger partial charge in [0.15, 0.2) is 0 Å². The fourth-order valence-electron chi connectivity index (χ4n) is 1.70. The third kappa shape index (κ3) is 5.42. The van der Waals surface area contributed by atoms with Crippen LogP contribution in [0.1, 0.15) is 6.92 Å². The van der Waals surface area contributed by atoms with Crippen LogP contribution < -0.4 is 20.1 Å². The van der Waals surface area contributed by atoms with Crippen molar-refractivity contribution in [1.29, 1.82) is 0 Å². The molecule has 0 saturated carbocycles. The maximum Gasteiger partial charge on any atom is 0.387 e. The van der Waals surface area contributed by atoms with Gasteiger partial charge in [-0.05, 0) is 37.3 Å². The van der Waals surface area contributed by atoms with Crippen molar-refractivity contribution in [1.82, 2.24) is 4.98 Å². The van der Waals surface area contributed by atoms with Crippen LogP contribution in [0.4, 0.5) is 25.0 Å². The Balaban J connectivity index is 1.88. The number of hydrogen-bond acceptors (Lipinski definition) is 4. The molecule has 0 aliphatic carbocycles. The van der Waals surface area contributed by atoms with E-state index < -0.39 is 12.6 Å². The highest BCUT2D eigenvalue weighted by molar-refractivity contribution is 5.99. The summed E-state index contributed by atoms with van der Waals surface area (Å²) in [5.41, 5.74) is 0.923. The molecule has 6 nitrogen and oxygen atoms in total. The number of pyridine rings is 1. The van der Waals surface area contributed by atoms with Crippen LogP contribution in [0.15, 0.2) is 42.6 Å². The van der Waals surface area contributed by atoms with Gasteiger partial charge in [-0.2, -0.15) is 8.78 Å². The van der Waals surface area contributed by atoms with Crippen molar-refractivity contribution >= 4 is 17.4 Å². The largest absolute Gasteiger partial charge is 0.478 e. The summed E-state index contributed by atoms with van der Waals surface area (Å²) < 4.78 is 33.5. The molecular weight excluding hydrogens is 308 g/mol. The summed E-state index contributed by atoms with van der Waals surface area (Å²) >= 11 is 0. The molecule has 0 fully saturated rings. The van der Waals surface area contributed by atoms with Crippen LogP contribution in [-0.4, -0.2) is 24.2 Å². The van der Waals surface area contributed by atoms with Gasteiger partial charge in [-0.1, -0.05) is 0 Å². The number of anilines is 2. The topological polar surface area (TPSA) is 72.5 Å². The lowest BCUT2D eigenvalue weighted by molar-refractivity contribution is -0.0498. The predicted molar refractivity (Wildman–Crippen MR) is 81.1 cm³/mol. The molecular formula is C15H15F2N3O3. The van der Waals surface area contributed by atoms with Gasteiger partial charge in [-0.15, -0.1) is 0 Å². The Morgan fingerprint density at radius 1 is 1.13 bits per heavy atom. The highest BCUT2D eigenvalue weighted by Crippen LogP contribution is 2.18. The minimum Gasteiger partial charge on any atom is -0.478 e. The van der Waals surface area contributed by atoms with Gasteiger partial charge in [-0.25, -0.2) is 9.78 Å². The van der Waals surface area contributed by atoms with Crippen molar-refractivity contribution in [2.75, 3.05) is 17.2 Å². The van der Waals surface area contributed by atoms with Crippen LogP contribution in [0.25, 0.3) is 0 Å². The number of carbonyl (C=O) groups is 1. The maximum absolute atomic E-state index is 12.0. The van der Waals surface area contributed by atoms with Crippen molar-refractivity contribution in [2.45, 2.75) is 13.5 Å². The summed E-state index contributed by atoms with van der Waals surface area (Å²) in [6.07, 6.45) is 1.46. The zero-order valence-electron chi connectivity index (χ0n) is 12.3. The van der Waals surface area contributed by atoms with Crippen molar-refractivity contribution < 1.29 is 23.0 Å². The first kappa shape index (κ1) is 16.5. The summed E-state index contributed by atoms with van der Waals surface area (Å²) in [6, 6.07) is 8.37. The molecule has 0 atom stereocenters. The number of nitrogens with one attached hydrogen (secondary N) is 2. The van der Waals surface area contributed by atoms with E-state index in [-0.39, 0.29) is 5.75 Å². The molecule has 122 valence electrons. The monoisotopic (exact) mass is 323 g/mol. The Labute approximate surface area is 131 Å². The fraction of sp³-hybridized carbons (Fsp3) is 0.200. The molecule has 0 radical (unpaired) electrons. The minimum absolute atomic E-state index is 0.0154. The average molecular weight is 323 g/mol. The molecule has 1 aromatic carbocycles. The Bertz CT molecular complexity index is 633. The predicted octanol–water partition coefficient (Wildman–Crippen LogP) is 3.73. The van der Waals surface area contributed by atoms with E-state index in [1.54, 1.807) is 12.1 Å². The van der Waals surface area contributed by atoms with E-state index in [0.29, 0.717) is 23.9 Å². The summed E-state index contributed by atoms with van der Waals surface area (Å²) in [5, 5.41) is 5.15. The fourth-order valence-corrected chi connectivity index (χ4v) is 1.70. The molecule has 0 spiro atoms. The van der Waals surface area contributed by atoms with Crippen LogP contribution in [0.5, 0.6) is 11.6 Å². The number of halogens is 2. The molecule has 8 heteroatoms. The summed E-state index contributed by atoms with van der Waals surface area (Å²) in [5.74, 6) is 0.481. The molecule has 1 heterocycles. The summed E-state index contributed by atoms with van der Waals surface area (Å²) in [4.78, 5) is 15.8. The maximum atomic E-state index is 12.0. The molecule has 0 aliphatic rings.